The van der Waals surface area contributed by atoms with Gasteiger partial charge in [0.05, 0.1) is 23.8 Å². The minimum Gasteiger partial charge on any atom is -0.313 e. The smallest absolute Gasteiger partial charge is 0.313 e. The van der Waals surface area contributed by atoms with E-state index < -0.39 is 30.9 Å². The number of hydrogen-bond donors (Lipinski definition) is 2. The quantitative estimate of drug-likeness (QED) is 0.612. The molecule has 2 N–H and O–H groups in total. The van der Waals surface area contributed by atoms with E-state index in [-0.39, 0.29) is 17.1 Å². The monoisotopic (exact) mass is 398 g/mol. The van der Waals surface area contributed by atoms with Crippen LogP contribution in [0.15, 0.2) is 36.8 Å². The average molecular weight is 398 g/mol. The van der Waals surface area contributed by atoms with Gasteiger partial charge in [-0.3, -0.25) is 4.98 Å². The van der Waals surface area contributed by atoms with Crippen LogP contribution in [0.3, 0.4) is 0 Å². The predicted molar refractivity (Wildman–Crippen MR) is 90.3 cm³/mol. The Balaban J connectivity index is 1.85. The Kier molecular flexibility index (Phi) is 5.68. The van der Waals surface area contributed by atoms with Crippen molar-refractivity contribution in [3.8, 4) is 0 Å². The predicted octanol–water partition coefficient (Wildman–Crippen LogP) is 4.01. The molecule has 1 atom stereocenters. The van der Waals surface area contributed by atoms with Gasteiger partial charge in [0.2, 0.25) is 0 Å². The molecule has 0 aliphatic rings. The lowest BCUT2D eigenvalue weighted by molar-refractivity contribution is -0.160. The van der Waals surface area contributed by atoms with Crippen molar-refractivity contribution >= 4 is 23.1 Å². The molecule has 2 amide bonds. The number of carbonyl (C=O) groups excluding carboxylic acids is 1. The number of amides is 2. The van der Waals surface area contributed by atoms with Gasteiger partial charge in [0.25, 0.3) is 6.43 Å². The van der Waals surface area contributed by atoms with E-state index in [0.29, 0.717) is 5.65 Å². The summed E-state index contributed by atoms with van der Waals surface area (Å²) < 4.78 is 56.5. The van der Waals surface area contributed by atoms with Gasteiger partial charge in [-0.2, -0.15) is 13.9 Å². The van der Waals surface area contributed by atoms with Crippen LogP contribution in [0.5, 0.6) is 0 Å². The number of ether oxygens (including phenoxy) is 1. The number of nitrogens with zero attached hydrogens (tertiary/aromatic N) is 4. The van der Waals surface area contributed by atoms with Crippen molar-refractivity contribution in [3.05, 3.63) is 48.2 Å². The van der Waals surface area contributed by atoms with E-state index in [0.717, 1.165) is 12.3 Å². The van der Waals surface area contributed by atoms with E-state index in [2.05, 4.69) is 30.4 Å². The van der Waals surface area contributed by atoms with Crippen molar-refractivity contribution in [3.63, 3.8) is 0 Å². The van der Waals surface area contributed by atoms with Crippen molar-refractivity contribution in [2.45, 2.75) is 26.1 Å². The molecule has 0 fully saturated rings. The molecule has 0 aliphatic heterocycles. The molecule has 3 rings (SSSR count). The van der Waals surface area contributed by atoms with Crippen LogP contribution >= 0.6 is 0 Å². The minimum absolute atomic E-state index is 0.0602. The molecule has 0 aliphatic carbocycles. The second-order valence-electron chi connectivity index (χ2n) is 5.55. The molecule has 3 heterocycles. The highest BCUT2D eigenvalue weighted by Gasteiger charge is 2.22. The second kappa shape index (κ2) is 8.17. The number of pyridine rings is 1. The first-order valence-corrected chi connectivity index (χ1v) is 7.93. The molecule has 0 bridgehead atoms. The summed E-state index contributed by atoms with van der Waals surface area (Å²) in [4.78, 5) is 19.8. The summed E-state index contributed by atoms with van der Waals surface area (Å²) in [7, 11) is 0. The van der Waals surface area contributed by atoms with E-state index in [9.17, 15) is 22.4 Å². The normalized spacial score (nSPS) is 12.5. The van der Waals surface area contributed by atoms with Crippen molar-refractivity contribution in [2.75, 3.05) is 10.6 Å². The zero-order valence-electron chi connectivity index (χ0n) is 14.3. The Morgan fingerprint density at radius 2 is 1.93 bits per heavy atom. The Morgan fingerprint density at radius 3 is 2.64 bits per heavy atom. The van der Waals surface area contributed by atoms with Crippen LogP contribution in [0, 0.1) is 0 Å². The third-order valence-electron chi connectivity index (χ3n) is 3.66. The SMILES string of the molecule is CC(OC(F)F)c1c(NC(=O)Nc2ccnc(C(F)F)c2)cnc2ccnn12. The zero-order chi connectivity index (χ0) is 20.3. The van der Waals surface area contributed by atoms with Gasteiger partial charge in [0.1, 0.15) is 11.8 Å². The van der Waals surface area contributed by atoms with Gasteiger partial charge in [0, 0.05) is 18.0 Å². The number of hydrogen-bond acceptors (Lipinski definition) is 5. The summed E-state index contributed by atoms with van der Waals surface area (Å²) in [6, 6.07) is 3.09. The molecule has 0 spiro atoms. The maximum absolute atomic E-state index is 12.7. The first-order valence-electron chi connectivity index (χ1n) is 7.93. The highest BCUT2D eigenvalue weighted by molar-refractivity contribution is 6.00. The van der Waals surface area contributed by atoms with Crippen LogP contribution in [0.2, 0.25) is 0 Å². The van der Waals surface area contributed by atoms with Gasteiger partial charge in [-0.1, -0.05) is 0 Å². The molecule has 0 aromatic carbocycles. The number of rotatable bonds is 6. The maximum atomic E-state index is 12.7. The Morgan fingerprint density at radius 1 is 1.14 bits per heavy atom. The lowest BCUT2D eigenvalue weighted by Gasteiger charge is -2.18. The summed E-state index contributed by atoms with van der Waals surface area (Å²) in [5.41, 5.74) is 0.131. The van der Waals surface area contributed by atoms with Gasteiger partial charge in [0.15, 0.2) is 5.65 Å². The molecule has 12 heteroatoms. The summed E-state index contributed by atoms with van der Waals surface area (Å²) in [5.74, 6) is 0. The minimum atomic E-state index is -3.04. The summed E-state index contributed by atoms with van der Waals surface area (Å²) in [6.07, 6.45) is -0.136. The van der Waals surface area contributed by atoms with Crippen molar-refractivity contribution in [1.29, 1.82) is 0 Å². The first kappa shape index (κ1) is 19.5. The van der Waals surface area contributed by atoms with Crippen LogP contribution in [0.25, 0.3) is 5.65 Å². The molecule has 0 saturated heterocycles. The van der Waals surface area contributed by atoms with Gasteiger partial charge in [-0.05, 0) is 19.1 Å². The van der Waals surface area contributed by atoms with Crippen LogP contribution in [0.4, 0.5) is 33.7 Å². The molecular formula is C16H14F4N6O2. The highest BCUT2D eigenvalue weighted by Crippen LogP contribution is 2.27. The number of aromatic nitrogens is 4. The second-order valence-corrected chi connectivity index (χ2v) is 5.55. The first-order chi connectivity index (χ1) is 13.3. The largest absolute Gasteiger partial charge is 0.345 e. The van der Waals surface area contributed by atoms with E-state index in [4.69, 9.17) is 0 Å². The molecule has 148 valence electrons. The molecule has 0 saturated carbocycles. The molecule has 28 heavy (non-hydrogen) atoms. The van der Waals surface area contributed by atoms with Gasteiger partial charge >= 0.3 is 12.6 Å². The third-order valence-corrected chi connectivity index (χ3v) is 3.66. The lowest BCUT2D eigenvalue weighted by atomic mass is 10.2. The number of nitrogens with one attached hydrogen (secondary N) is 2. The van der Waals surface area contributed by atoms with Crippen molar-refractivity contribution in [1.82, 2.24) is 19.6 Å². The zero-order valence-corrected chi connectivity index (χ0v) is 14.3. The van der Waals surface area contributed by atoms with Crippen LogP contribution in [-0.2, 0) is 4.74 Å². The number of fused-ring (bicyclic) bond motifs is 1. The summed E-state index contributed by atoms with van der Waals surface area (Å²) >= 11 is 0. The molecule has 0 radical (unpaired) electrons. The van der Waals surface area contributed by atoms with Crippen LogP contribution < -0.4 is 10.6 Å². The summed E-state index contributed by atoms with van der Waals surface area (Å²) in [5, 5.41) is 8.80. The van der Waals surface area contributed by atoms with E-state index in [1.807, 2.05) is 0 Å². The highest BCUT2D eigenvalue weighted by atomic mass is 19.3. The average Bonchev–Trinajstić information content (AvgIpc) is 3.09. The number of halogens is 4. The fourth-order valence-electron chi connectivity index (χ4n) is 2.53. The van der Waals surface area contributed by atoms with Crippen LogP contribution in [0.1, 0.15) is 30.8 Å². The molecule has 3 aromatic rings. The van der Waals surface area contributed by atoms with Crippen LogP contribution in [-0.4, -0.2) is 32.2 Å². The number of anilines is 2. The van der Waals surface area contributed by atoms with Crippen molar-refractivity contribution in [2.24, 2.45) is 0 Å². The molecular weight excluding hydrogens is 384 g/mol. The molecule has 8 nitrogen and oxygen atoms in total. The number of carbonyl (C=O) groups is 1. The Labute approximate surface area is 155 Å². The van der Waals surface area contributed by atoms with Gasteiger partial charge in [-0.25, -0.2) is 23.1 Å². The van der Waals surface area contributed by atoms with E-state index in [1.54, 1.807) is 6.07 Å². The van der Waals surface area contributed by atoms with E-state index in [1.165, 1.54) is 29.9 Å². The van der Waals surface area contributed by atoms with E-state index >= 15 is 0 Å². The Hall–Kier alpha value is -3.28. The molecule has 3 aromatic heterocycles. The Bertz CT molecular complexity index is 981. The van der Waals surface area contributed by atoms with Gasteiger partial charge < -0.3 is 15.4 Å². The number of urea groups is 1. The fourth-order valence-corrected chi connectivity index (χ4v) is 2.53. The number of alkyl halides is 4. The lowest BCUT2D eigenvalue weighted by Crippen LogP contribution is -2.23. The third kappa shape index (κ3) is 4.34. The summed E-state index contributed by atoms with van der Waals surface area (Å²) in [6.45, 7) is -1.68. The van der Waals surface area contributed by atoms with Crippen molar-refractivity contribution < 1.29 is 27.1 Å². The maximum Gasteiger partial charge on any atom is 0.345 e. The standard InChI is InChI=1S/C16H14F4N6O2/c1-8(28-15(19)20)13-11(7-22-12-3-5-23-26(12)13)25-16(27)24-9-2-4-21-10(6-9)14(17)18/h2-8,14-15H,1H3,(H2,21,24,25,27). The van der Waals surface area contributed by atoms with Gasteiger partial charge in [-0.15, -0.1) is 0 Å². The topological polar surface area (TPSA) is 93.4 Å². The fraction of sp³-hybridized carbons (Fsp3) is 0.250. The molecule has 1 unspecified atom stereocenters.